The second-order valence-corrected chi connectivity index (χ2v) is 6.02. The van der Waals surface area contributed by atoms with E-state index in [-0.39, 0.29) is 11.8 Å². The molecule has 0 unspecified atom stereocenters. The van der Waals surface area contributed by atoms with E-state index in [2.05, 4.69) is 36.5 Å². The predicted molar refractivity (Wildman–Crippen MR) is 82.5 cm³/mol. The first-order chi connectivity index (χ1) is 9.79. The largest absolute Gasteiger partial charge is 0.326 e. The first kappa shape index (κ1) is 13.4. The van der Waals surface area contributed by atoms with E-state index in [0.29, 0.717) is 11.8 Å². The average Bonchev–Trinajstić information content (AvgIpc) is 3.11. The average molecular weight is 269 g/mol. The molecule has 20 heavy (non-hydrogen) atoms. The standard InChI is InChI=1S/C18H23NO/c1-2-13-9-11-14(12-10-13)19-18(20)17-15-7-5-3-4-6-8-16(15)17/h5,7,9-12,15-17H,2-4,6,8H2,1H3,(H,19,20)/b7-5-/t15-,16-,17+/m0/s1. The van der Waals surface area contributed by atoms with E-state index in [1.165, 1.54) is 31.2 Å². The van der Waals surface area contributed by atoms with Crippen LogP contribution in [0, 0.1) is 17.8 Å². The maximum absolute atomic E-state index is 12.4. The summed E-state index contributed by atoms with van der Waals surface area (Å²) in [6.07, 6.45) is 10.5. The Kier molecular flexibility index (Phi) is 3.90. The van der Waals surface area contributed by atoms with E-state index in [0.717, 1.165) is 12.1 Å². The number of rotatable bonds is 3. The molecule has 0 radical (unpaired) electrons. The van der Waals surface area contributed by atoms with Crippen LogP contribution in [0.15, 0.2) is 36.4 Å². The van der Waals surface area contributed by atoms with E-state index < -0.39 is 0 Å². The Balaban J connectivity index is 1.62. The summed E-state index contributed by atoms with van der Waals surface area (Å²) in [4.78, 5) is 12.4. The summed E-state index contributed by atoms with van der Waals surface area (Å²) in [6, 6.07) is 8.20. The molecule has 3 rings (SSSR count). The second kappa shape index (κ2) is 5.82. The number of allylic oxidation sites excluding steroid dienone is 2. The number of amides is 1. The lowest BCUT2D eigenvalue weighted by Gasteiger charge is -2.05. The molecule has 0 saturated heterocycles. The van der Waals surface area contributed by atoms with Crippen molar-refractivity contribution in [1.29, 1.82) is 0 Å². The predicted octanol–water partition coefficient (Wildman–Crippen LogP) is 4.18. The minimum absolute atomic E-state index is 0.204. The number of benzene rings is 1. The molecule has 1 N–H and O–H groups in total. The summed E-state index contributed by atoms with van der Waals surface area (Å²) in [5.74, 6) is 1.48. The highest BCUT2D eigenvalue weighted by atomic mass is 16.2. The van der Waals surface area contributed by atoms with Gasteiger partial charge in [-0.15, -0.1) is 0 Å². The Morgan fingerprint density at radius 2 is 2.05 bits per heavy atom. The Labute approximate surface area is 121 Å². The SMILES string of the molecule is CCc1ccc(NC(=O)[C@@H]2[C@H]3/C=C\CCCC[C@@H]32)cc1. The van der Waals surface area contributed by atoms with Crippen molar-refractivity contribution in [3.8, 4) is 0 Å². The van der Waals surface area contributed by atoms with E-state index in [9.17, 15) is 4.79 Å². The first-order valence-corrected chi connectivity index (χ1v) is 7.86. The van der Waals surface area contributed by atoms with Crippen LogP contribution in [-0.4, -0.2) is 5.91 Å². The number of fused-ring (bicyclic) bond motifs is 1. The van der Waals surface area contributed by atoms with Crippen LogP contribution in [0.25, 0.3) is 0 Å². The Hall–Kier alpha value is -1.57. The van der Waals surface area contributed by atoms with Gasteiger partial charge in [-0.25, -0.2) is 0 Å². The fourth-order valence-corrected chi connectivity index (χ4v) is 3.35. The summed E-state index contributed by atoms with van der Waals surface area (Å²) in [5.41, 5.74) is 2.23. The number of aryl methyl sites for hydroxylation is 1. The Bertz CT molecular complexity index is 503. The van der Waals surface area contributed by atoms with Crippen LogP contribution in [0.1, 0.15) is 38.2 Å². The molecule has 2 aliphatic carbocycles. The molecule has 0 heterocycles. The van der Waals surface area contributed by atoms with Gasteiger partial charge in [0.25, 0.3) is 0 Å². The molecule has 0 aromatic heterocycles. The van der Waals surface area contributed by atoms with Gasteiger partial charge in [-0.05, 0) is 55.2 Å². The quantitative estimate of drug-likeness (QED) is 0.819. The maximum Gasteiger partial charge on any atom is 0.228 e. The lowest BCUT2D eigenvalue weighted by atomic mass is 10.1. The number of carbonyl (C=O) groups excluding carboxylic acids is 1. The zero-order valence-corrected chi connectivity index (χ0v) is 12.1. The number of carbonyl (C=O) groups is 1. The van der Waals surface area contributed by atoms with E-state index in [1.807, 2.05) is 12.1 Å². The molecule has 106 valence electrons. The van der Waals surface area contributed by atoms with Gasteiger partial charge in [-0.3, -0.25) is 4.79 Å². The lowest BCUT2D eigenvalue weighted by Crippen LogP contribution is -2.15. The third kappa shape index (κ3) is 2.79. The van der Waals surface area contributed by atoms with Crippen molar-refractivity contribution in [3.05, 3.63) is 42.0 Å². The molecule has 2 aliphatic rings. The molecule has 3 atom stereocenters. The molecule has 0 spiro atoms. The second-order valence-electron chi connectivity index (χ2n) is 6.02. The molecule has 0 aliphatic heterocycles. The highest BCUT2D eigenvalue weighted by molar-refractivity contribution is 5.95. The molecule has 1 aromatic carbocycles. The molecule has 0 bridgehead atoms. The van der Waals surface area contributed by atoms with Gasteiger partial charge in [0.1, 0.15) is 0 Å². The van der Waals surface area contributed by atoms with Crippen molar-refractivity contribution in [2.24, 2.45) is 17.8 Å². The molecule has 2 nitrogen and oxygen atoms in total. The summed E-state index contributed by atoms with van der Waals surface area (Å²) >= 11 is 0. The van der Waals surface area contributed by atoms with Crippen molar-refractivity contribution in [3.63, 3.8) is 0 Å². The van der Waals surface area contributed by atoms with Gasteiger partial charge < -0.3 is 5.32 Å². The fraction of sp³-hybridized carbons (Fsp3) is 0.500. The van der Waals surface area contributed by atoms with Crippen LogP contribution < -0.4 is 5.32 Å². The van der Waals surface area contributed by atoms with Crippen molar-refractivity contribution >= 4 is 11.6 Å². The molecular formula is C18H23NO. The van der Waals surface area contributed by atoms with Gasteiger partial charge >= 0.3 is 0 Å². The normalized spacial score (nSPS) is 29.8. The first-order valence-electron chi connectivity index (χ1n) is 7.86. The minimum atomic E-state index is 0.204. The Morgan fingerprint density at radius 1 is 1.25 bits per heavy atom. The van der Waals surface area contributed by atoms with Crippen molar-refractivity contribution in [1.82, 2.24) is 0 Å². The molecule has 1 saturated carbocycles. The number of hydrogen-bond donors (Lipinski definition) is 1. The van der Waals surface area contributed by atoms with Crippen molar-refractivity contribution < 1.29 is 4.79 Å². The molecule has 1 fully saturated rings. The van der Waals surface area contributed by atoms with Gasteiger partial charge in [0.05, 0.1) is 0 Å². The third-order valence-electron chi connectivity index (χ3n) is 4.68. The van der Waals surface area contributed by atoms with E-state index in [4.69, 9.17) is 0 Å². The van der Waals surface area contributed by atoms with Crippen LogP contribution in [0.2, 0.25) is 0 Å². The van der Waals surface area contributed by atoms with Crippen LogP contribution in [0.3, 0.4) is 0 Å². The van der Waals surface area contributed by atoms with Crippen molar-refractivity contribution in [2.45, 2.75) is 39.0 Å². The van der Waals surface area contributed by atoms with Crippen LogP contribution in [-0.2, 0) is 11.2 Å². The van der Waals surface area contributed by atoms with E-state index >= 15 is 0 Å². The third-order valence-corrected chi connectivity index (χ3v) is 4.68. The zero-order chi connectivity index (χ0) is 13.9. The van der Waals surface area contributed by atoms with Crippen LogP contribution >= 0.6 is 0 Å². The van der Waals surface area contributed by atoms with E-state index in [1.54, 1.807) is 0 Å². The van der Waals surface area contributed by atoms with Gasteiger partial charge in [0.15, 0.2) is 0 Å². The molecule has 1 amide bonds. The fourth-order valence-electron chi connectivity index (χ4n) is 3.35. The molecule has 2 heteroatoms. The Morgan fingerprint density at radius 3 is 2.80 bits per heavy atom. The van der Waals surface area contributed by atoms with Gasteiger partial charge in [0.2, 0.25) is 5.91 Å². The summed E-state index contributed by atoms with van der Waals surface area (Å²) in [7, 11) is 0. The van der Waals surface area contributed by atoms with Gasteiger partial charge in [0, 0.05) is 11.6 Å². The topological polar surface area (TPSA) is 29.1 Å². The smallest absolute Gasteiger partial charge is 0.228 e. The minimum Gasteiger partial charge on any atom is -0.326 e. The highest BCUT2D eigenvalue weighted by Gasteiger charge is 2.52. The highest BCUT2D eigenvalue weighted by Crippen LogP contribution is 2.51. The number of hydrogen-bond acceptors (Lipinski definition) is 1. The number of nitrogens with one attached hydrogen (secondary N) is 1. The van der Waals surface area contributed by atoms with Gasteiger partial charge in [-0.2, -0.15) is 0 Å². The monoisotopic (exact) mass is 269 g/mol. The molecular weight excluding hydrogens is 246 g/mol. The van der Waals surface area contributed by atoms with Gasteiger partial charge in [-0.1, -0.05) is 37.6 Å². The summed E-state index contributed by atoms with van der Waals surface area (Å²) in [5, 5.41) is 3.08. The zero-order valence-electron chi connectivity index (χ0n) is 12.1. The van der Waals surface area contributed by atoms with Crippen molar-refractivity contribution in [2.75, 3.05) is 5.32 Å². The number of anilines is 1. The maximum atomic E-state index is 12.4. The summed E-state index contributed by atoms with van der Waals surface area (Å²) < 4.78 is 0. The molecule has 1 aromatic rings. The summed E-state index contributed by atoms with van der Waals surface area (Å²) in [6.45, 7) is 2.14. The van der Waals surface area contributed by atoms with Crippen LogP contribution in [0.4, 0.5) is 5.69 Å². The lowest BCUT2D eigenvalue weighted by molar-refractivity contribution is -0.117. The van der Waals surface area contributed by atoms with Crippen LogP contribution in [0.5, 0.6) is 0 Å².